The van der Waals surface area contributed by atoms with Crippen molar-refractivity contribution in [3.63, 3.8) is 0 Å². The largest absolute Gasteiger partial charge is 0.341 e. The molecule has 0 aliphatic carbocycles. The fourth-order valence-corrected chi connectivity index (χ4v) is 0.756. The summed E-state index contributed by atoms with van der Waals surface area (Å²) in [5, 5.41) is 0. The van der Waals surface area contributed by atoms with Gasteiger partial charge in [-0.3, -0.25) is 4.79 Å². The Labute approximate surface area is 53.0 Å². The van der Waals surface area contributed by atoms with Crippen LogP contribution in [0, 0.1) is 0 Å². The summed E-state index contributed by atoms with van der Waals surface area (Å²) >= 11 is 0. The Bertz CT molecular complexity index is 144. The van der Waals surface area contributed by atoms with Crippen LogP contribution in [0.4, 0.5) is 4.39 Å². The molecule has 1 aliphatic rings. The van der Waals surface area contributed by atoms with E-state index in [1.807, 2.05) is 0 Å². The second kappa shape index (κ2) is 2.62. The standard InChI is InChI=1S/C6H8FNO/c7-6-1-3-8(5-9)4-2-6/h1,5H,2-4H2. The lowest BCUT2D eigenvalue weighted by molar-refractivity contribution is -0.117. The predicted molar refractivity (Wildman–Crippen MR) is 31.4 cm³/mol. The molecule has 0 fully saturated rings. The lowest BCUT2D eigenvalue weighted by atomic mass is 10.2. The number of carbonyl (C=O) groups is 1. The van der Waals surface area contributed by atoms with Crippen LogP contribution in [0.1, 0.15) is 6.42 Å². The Morgan fingerprint density at radius 2 is 2.56 bits per heavy atom. The third-order valence-corrected chi connectivity index (χ3v) is 1.33. The monoisotopic (exact) mass is 129 g/mol. The zero-order valence-electron chi connectivity index (χ0n) is 5.01. The second-order valence-electron chi connectivity index (χ2n) is 2.00. The van der Waals surface area contributed by atoms with Crippen molar-refractivity contribution in [2.45, 2.75) is 6.42 Å². The molecule has 0 spiro atoms. The number of amides is 1. The molecule has 0 radical (unpaired) electrons. The van der Waals surface area contributed by atoms with E-state index in [0.717, 1.165) is 6.41 Å². The van der Waals surface area contributed by atoms with E-state index < -0.39 is 0 Å². The molecule has 3 heteroatoms. The highest BCUT2D eigenvalue weighted by Gasteiger charge is 2.07. The maximum atomic E-state index is 12.2. The summed E-state index contributed by atoms with van der Waals surface area (Å²) < 4.78 is 12.2. The summed E-state index contributed by atoms with van der Waals surface area (Å²) in [6.45, 7) is 0.946. The minimum atomic E-state index is -0.104. The van der Waals surface area contributed by atoms with Crippen LogP contribution in [-0.2, 0) is 4.79 Å². The first-order valence-electron chi connectivity index (χ1n) is 2.87. The molecule has 50 valence electrons. The van der Waals surface area contributed by atoms with Crippen molar-refractivity contribution in [2.75, 3.05) is 13.1 Å². The van der Waals surface area contributed by atoms with Gasteiger partial charge in [-0.25, -0.2) is 4.39 Å². The molecule has 0 aromatic carbocycles. The van der Waals surface area contributed by atoms with Crippen molar-refractivity contribution in [3.05, 3.63) is 11.9 Å². The first-order chi connectivity index (χ1) is 4.33. The third kappa shape index (κ3) is 1.52. The van der Waals surface area contributed by atoms with Crippen LogP contribution in [0.25, 0.3) is 0 Å². The molecule has 0 bridgehead atoms. The highest BCUT2D eigenvalue weighted by atomic mass is 19.1. The van der Waals surface area contributed by atoms with Gasteiger partial charge in [-0.2, -0.15) is 0 Å². The molecule has 1 aliphatic heterocycles. The minimum absolute atomic E-state index is 0.104. The van der Waals surface area contributed by atoms with E-state index in [-0.39, 0.29) is 5.83 Å². The summed E-state index contributed by atoms with van der Waals surface area (Å²) in [4.78, 5) is 11.6. The number of hydrogen-bond donors (Lipinski definition) is 0. The van der Waals surface area contributed by atoms with Gasteiger partial charge in [-0.05, 0) is 6.08 Å². The average molecular weight is 129 g/mol. The number of hydrogen-bond acceptors (Lipinski definition) is 1. The molecule has 1 rings (SSSR count). The van der Waals surface area contributed by atoms with E-state index in [1.165, 1.54) is 11.0 Å². The van der Waals surface area contributed by atoms with Crippen molar-refractivity contribution in [1.82, 2.24) is 4.90 Å². The summed E-state index contributed by atoms with van der Waals surface area (Å²) in [6.07, 6.45) is 2.54. The van der Waals surface area contributed by atoms with E-state index in [0.29, 0.717) is 19.5 Å². The molecule has 1 heterocycles. The van der Waals surface area contributed by atoms with Gasteiger partial charge in [0, 0.05) is 19.5 Å². The molecule has 1 amide bonds. The van der Waals surface area contributed by atoms with Crippen LogP contribution in [0.2, 0.25) is 0 Å². The van der Waals surface area contributed by atoms with Gasteiger partial charge in [0.1, 0.15) is 0 Å². The predicted octanol–water partition coefficient (Wildman–Crippen LogP) is 0.702. The van der Waals surface area contributed by atoms with Crippen molar-refractivity contribution >= 4 is 6.41 Å². The topological polar surface area (TPSA) is 20.3 Å². The summed E-state index contributed by atoms with van der Waals surface area (Å²) in [6, 6.07) is 0. The van der Waals surface area contributed by atoms with Gasteiger partial charge in [0.25, 0.3) is 0 Å². The molecular formula is C6H8FNO. The second-order valence-corrected chi connectivity index (χ2v) is 2.00. The first kappa shape index (κ1) is 6.26. The molecule has 2 nitrogen and oxygen atoms in total. The minimum Gasteiger partial charge on any atom is -0.341 e. The van der Waals surface area contributed by atoms with E-state index in [9.17, 15) is 9.18 Å². The molecule has 0 saturated heterocycles. The highest BCUT2D eigenvalue weighted by molar-refractivity contribution is 5.47. The Morgan fingerprint density at radius 3 is 3.00 bits per heavy atom. The molecule has 0 unspecified atom stereocenters. The average Bonchev–Trinajstić information content (AvgIpc) is 1.90. The zero-order chi connectivity index (χ0) is 6.69. The smallest absolute Gasteiger partial charge is 0.209 e. The molecule has 0 saturated carbocycles. The van der Waals surface area contributed by atoms with Crippen LogP contribution >= 0.6 is 0 Å². The quantitative estimate of drug-likeness (QED) is 0.477. The Balaban J connectivity index is 2.45. The maximum Gasteiger partial charge on any atom is 0.209 e. The fourth-order valence-electron chi connectivity index (χ4n) is 0.756. The van der Waals surface area contributed by atoms with E-state index >= 15 is 0 Å². The summed E-state index contributed by atoms with van der Waals surface area (Å²) in [5.74, 6) is -0.104. The lowest BCUT2D eigenvalue weighted by Gasteiger charge is -2.18. The summed E-state index contributed by atoms with van der Waals surface area (Å²) in [5.41, 5.74) is 0. The molecule has 9 heavy (non-hydrogen) atoms. The van der Waals surface area contributed by atoms with Crippen molar-refractivity contribution < 1.29 is 9.18 Å². The van der Waals surface area contributed by atoms with Crippen LogP contribution in [-0.4, -0.2) is 24.4 Å². The number of nitrogens with zero attached hydrogens (tertiary/aromatic N) is 1. The van der Waals surface area contributed by atoms with E-state index in [4.69, 9.17) is 0 Å². The highest BCUT2D eigenvalue weighted by Crippen LogP contribution is 2.08. The van der Waals surface area contributed by atoms with Crippen molar-refractivity contribution in [3.8, 4) is 0 Å². The molecular weight excluding hydrogens is 121 g/mol. The van der Waals surface area contributed by atoms with E-state index in [1.54, 1.807) is 0 Å². The Kier molecular flexibility index (Phi) is 1.82. The summed E-state index contributed by atoms with van der Waals surface area (Å²) in [7, 11) is 0. The maximum absolute atomic E-state index is 12.2. The Morgan fingerprint density at radius 1 is 1.78 bits per heavy atom. The zero-order valence-corrected chi connectivity index (χ0v) is 5.01. The van der Waals surface area contributed by atoms with Gasteiger partial charge in [-0.1, -0.05) is 0 Å². The van der Waals surface area contributed by atoms with Gasteiger partial charge in [0.15, 0.2) is 0 Å². The Hall–Kier alpha value is -0.860. The fraction of sp³-hybridized carbons (Fsp3) is 0.500. The number of halogens is 1. The number of carbonyl (C=O) groups excluding carboxylic acids is 1. The van der Waals surface area contributed by atoms with Gasteiger partial charge >= 0.3 is 0 Å². The van der Waals surface area contributed by atoms with Crippen molar-refractivity contribution in [2.24, 2.45) is 0 Å². The van der Waals surface area contributed by atoms with Crippen LogP contribution in [0.3, 0.4) is 0 Å². The first-order valence-corrected chi connectivity index (χ1v) is 2.87. The van der Waals surface area contributed by atoms with Gasteiger partial charge in [0.2, 0.25) is 6.41 Å². The molecule has 0 atom stereocenters. The van der Waals surface area contributed by atoms with Crippen LogP contribution in [0.5, 0.6) is 0 Å². The molecule has 0 aromatic rings. The third-order valence-electron chi connectivity index (χ3n) is 1.33. The van der Waals surface area contributed by atoms with Crippen LogP contribution < -0.4 is 0 Å². The van der Waals surface area contributed by atoms with Gasteiger partial charge in [-0.15, -0.1) is 0 Å². The van der Waals surface area contributed by atoms with Gasteiger partial charge < -0.3 is 4.90 Å². The molecule has 0 N–H and O–H groups in total. The molecule has 0 aromatic heterocycles. The number of rotatable bonds is 1. The van der Waals surface area contributed by atoms with E-state index in [2.05, 4.69) is 0 Å². The normalized spacial score (nSPS) is 19.2. The van der Waals surface area contributed by atoms with Gasteiger partial charge in [0.05, 0.1) is 5.83 Å². The van der Waals surface area contributed by atoms with Crippen molar-refractivity contribution in [1.29, 1.82) is 0 Å². The van der Waals surface area contributed by atoms with Crippen LogP contribution in [0.15, 0.2) is 11.9 Å². The lowest BCUT2D eigenvalue weighted by Crippen LogP contribution is -2.26. The SMILES string of the molecule is O=CN1CC=C(F)CC1.